The molecule has 5 aliphatic rings. The Kier molecular flexibility index (Phi) is 4.52. The minimum atomic E-state index is 0.0697. The number of carbonyl (C=O) groups excluding carboxylic acids is 2. The molecule has 2 saturated heterocycles. The third kappa shape index (κ3) is 3.28. The molecule has 0 radical (unpaired) electrons. The van der Waals surface area contributed by atoms with Crippen molar-refractivity contribution in [3.8, 4) is 0 Å². The third-order valence-corrected chi connectivity index (χ3v) is 7.62. The average molecular weight is 431 g/mol. The average Bonchev–Trinajstić information content (AvgIpc) is 3.73. The molecule has 1 aromatic carbocycles. The van der Waals surface area contributed by atoms with E-state index in [4.69, 9.17) is 4.99 Å². The Labute approximate surface area is 189 Å². The Morgan fingerprint density at radius 1 is 1.06 bits per heavy atom. The Hall–Kier alpha value is -2.89. The highest BCUT2D eigenvalue weighted by Gasteiger charge is 2.47. The van der Waals surface area contributed by atoms with Crippen LogP contribution in [0.4, 0.5) is 5.69 Å². The van der Waals surface area contributed by atoms with E-state index in [1.807, 2.05) is 34.1 Å². The summed E-state index contributed by atoms with van der Waals surface area (Å²) in [5.41, 5.74) is 6.10. The Bertz CT molecular complexity index is 1070. The van der Waals surface area contributed by atoms with E-state index in [0.717, 1.165) is 31.2 Å². The maximum Gasteiger partial charge on any atom is 0.253 e. The van der Waals surface area contributed by atoms with Crippen molar-refractivity contribution in [2.24, 2.45) is 22.7 Å². The van der Waals surface area contributed by atoms with Crippen molar-refractivity contribution in [2.75, 3.05) is 37.6 Å². The molecule has 2 aliphatic carbocycles. The van der Waals surface area contributed by atoms with E-state index in [2.05, 4.69) is 24.9 Å². The van der Waals surface area contributed by atoms with Crippen molar-refractivity contribution in [3.63, 3.8) is 0 Å². The second-order valence-corrected chi connectivity index (χ2v) is 10.0. The van der Waals surface area contributed by atoms with Gasteiger partial charge in [-0.15, -0.1) is 0 Å². The highest BCUT2D eigenvalue weighted by atomic mass is 16.2. The largest absolute Gasteiger partial charge is 0.356 e. The number of fused-ring (bicyclic) bond motifs is 1. The minimum absolute atomic E-state index is 0.0697. The molecule has 6 heteroatoms. The fourth-order valence-corrected chi connectivity index (χ4v) is 5.55. The summed E-state index contributed by atoms with van der Waals surface area (Å²) in [5, 5.41) is 0. The maximum atomic E-state index is 13.1. The van der Waals surface area contributed by atoms with Gasteiger partial charge in [-0.2, -0.15) is 0 Å². The number of hydrogen-bond donors (Lipinski definition) is 0. The lowest BCUT2D eigenvalue weighted by Crippen LogP contribution is -2.51. The number of amides is 2. The molecule has 6 rings (SSSR count). The zero-order valence-electron chi connectivity index (χ0n) is 18.9. The normalized spacial score (nSPS) is 27.4. The smallest absolute Gasteiger partial charge is 0.253 e. The van der Waals surface area contributed by atoms with Crippen molar-refractivity contribution in [1.82, 2.24) is 9.80 Å². The van der Waals surface area contributed by atoms with Crippen LogP contribution >= 0.6 is 0 Å². The summed E-state index contributed by atoms with van der Waals surface area (Å²) >= 11 is 0. The molecule has 3 fully saturated rings. The van der Waals surface area contributed by atoms with Crippen molar-refractivity contribution >= 4 is 23.3 Å². The molecule has 0 spiro atoms. The van der Waals surface area contributed by atoms with Gasteiger partial charge in [0, 0.05) is 56.6 Å². The van der Waals surface area contributed by atoms with Gasteiger partial charge in [0.15, 0.2) is 0 Å². The molecule has 6 nitrogen and oxygen atoms in total. The fraction of sp³-hybridized carbons (Fsp3) is 0.500. The monoisotopic (exact) mass is 430 g/mol. The minimum Gasteiger partial charge on any atom is -0.356 e. The number of amidine groups is 1. The third-order valence-electron chi connectivity index (χ3n) is 7.62. The van der Waals surface area contributed by atoms with Crippen LogP contribution in [0.5, 0.6) is 0 Å². The summed E-state index contributed by atoms with van der Waals surface area (Å²) < 4.78 is 0. The lowest BCUT2D eigenvalue weighted by Gasteiger charge is -2.37. The lowest BCUT2D eigenvalue weighted by molar-refractivity contribution is -0.117. The second-order valence-electron chi connectivity index (χ2n) is 10.0. The molecule has 0 N–H and O–H groups in total. The van der Waals surface area contributed by atoms with Gasteiger partial charge >= 0.3 is 0 Å². The van der Waals surface area contributed by atoms with Gasteiger partial charge in [-0.3, -0.25) is 9.59 Å². The Morgan fingerprint density at radius 2 is 1.78 bits per heavy atom. The molecular formula is C26H30N4O2. The van der Waals surface area contributed by atoms with E-state index in [-0.39, 0.29) is 11.8 Å². The van der Waals surface area contributed by atoms with Gasteiger partial charge in [0.2, 0.25) is 5.91 Å². The van der Waals surface area contributed by atoms with Gasteiger partial charge in [-0.25, -0.2) is 4.99 Å². The molecule has 2 amide bonds. The number of anilines is 1. The lowest BCUT2D eigenvalue weighted by atomic mass is 10.0. The Morgan fingerprint density at radius 3 is 2.41 bits per heavy atom. The number of rotatable bonds is 3. The van der Waals surface area contributed by atoms with Crippen molar-refractivity contribution in [1.29, 1.82) is 0 Å². The van der Waals surface area contributed by atoms with E-state index >= 15 is 0 Å². The second kappa shape index (κ2) is 7.32. The standard InChI is InChI=1S/C26H30N4O2/c1-16-13-22(31)30(15-16)20-7-5-19(6-8-20)26(32)29-11-9-28(10-12-29)25-24-17(2)23(24)21(14-27-25)18-3-4-18/h5-8,14,16,18,24H,3-4,9-13,15H2,1-2H3/t16?,24-/m1/s1. The highest BCUT2D eigenvalue weighted by molar-refractivity contribution is 5.99. The number of carbonyl (C=O) groups is 2. The van der Waals surface area contributed by atoms with Crippen molar-refractivity contribution < 1.29 is 9.59 Å². The van der Waals surface area contributed by atoms with Crippen molar-refractivity contribution in [2.45, 2.75) is 33.1 Å². The SMILES string of the molecule is CC1=C2C(C3CC3)=CN=C(N3CCN(C(=O)c4ccc(N5CC(C)CC5=O)cc4)CC3)[C@H]12. The molecule has 2 atom stereocenters. The molecule has 0 bridgehead atoms. The topological polar surface area (TPSA) is 56.2 Å². The van der Waals surface area contributed by atoms with Crippen LogP contribution in [-0.4, -0.2) is 60.2 Å². The van der Waals surface area contributed by atoms with Crippen LogP contribution in [0.2, 0.25) is 0 Å². The van der Waals surface area contributed by atoms with E-state index in [1.54, 1.807) is 5.57 Å². The van der Waals surface area contributed by atoms with Crippen LogP contribution < -0.4 is 4.90 Å². The number of piperazine rings is 1. The van der Waals surface area contributed by atoms with E-state index in [0.29, 0.717) is 36.9 Å². The number of nitrogens with zero attached hydrogens (tertiary/aromatic N) is 4. The number of benzene rings is 1. The molecule has 1 unspecified atom stereocenters. The Balaban J connectivity index is 1.08. The van der Waals surface area contributed by atoms with Crippen LogP contribution in [0.1, 0.15) is 43.5 Å². The molecule has 1 saturated carbocycles. The van der Waals surface area contributed by atoms with Crippen molar-refractivity contribution in [3.05, 3.63) is 52.7 Å². The molecule has 166 valence electrons. The molecule has 0 aromatic heterocycles. The first kappa shape index (κ1) is 19.8. The molecular weight excluding hydrogens is 400 g/mol. The predicted octanol–water partition coefficient (Wildman–Crippen LogP) is 3.47. The summed E-state index contributed by atoms with van der Waals surface area (Å²) in [6.45, 7) is 8.17. The van der Waals surface area contributed by atoms with Gasteiger partial charge in [0.05, 0.1) is 5.92 Å². The van der Waals surface area contributed by atoms with Crippen LogP contribution in [0.3, 0.4) is 0 Å². The van der Waals surface area contributed by atoms with Crippen LogP contribution in [-0.2, 0) is 4.79 Å². The summed E-state index contributed by atoms with van der Waals surface area (Å²) in [7, 11) is 0. The summed E-state index contributed by atoms with van der Waals surface area (Å²) in [6.07, 6.45) is 5.34. The molecule has 3 heterocycles. The van der Waals surface area contributed by atoms with Gasteiger partial charge < -0.3 is 14.7 Å². The van der Waals surface area contributed by atoms with E-state index in [9.17, 15) is 9.59 Å². The van der Waals surface area contributed by atoms with Gasteiger partial charge in [0.25, 0.3) is 5.91 Å². The number of allylic oxidation sites excluding steroid dienone is 1. The quantitative estimate of drug-likeness (QED) is 0.738. The maximum absolute atomic E-state index is 13.1. The molecule has 1 aromatic rings. The van der Waals surface area contributed by atoms with E-state index < -0.39 is 0 Å². The van der Waals surface area contributed by atoms with Crippen LogP contribution in [0.25, 0.3) is 0 Å². The number of aliphatic imine (C=N–C) groups is 1. The predicted molar refractivity (Wildman–Crippen MR) is 124 cm³/mol. The summed E-state index contributed by atoms with van der Waals surface area (Å²) in [5.74, 6) is 2.99. The summed E-state index contributed by atoms with van der Waals surface area (Å²) in [6, 6.07) is 7.53. The zero-order valence-corrected chi connectivity index (χ0v) is 18.9. The first-order valence-corrected chi connectivity index (χ1v) is 11.9. The first-order valence-electron chi connectivity index (χ1n) is 11.9. The highest BCUT2D eigenvalue weighted by Crippen LogP contribution is 2.54. The van der Waals surface area contributed by atoms with E-state index in [1.165, 1.54) is 29.8 Å². The summed E-state index contributed by atoms with van der Waals surface area (Å²) in [4.78, 5) is 36.2. The van der Waals surface area contributed by atoms with Crippen LogP contribution in [0.15, 0.2) is 52.2 Å². The zero-order chi connectivity index (χ0) is 22.0. The first-order chi connectivity index (χ1) is 15.5. The van der Waals surface area contributed by atoms with Gasteiger partial charge in [-0.05, 0) is 67.0 Å². The van der Waals surface area contributed by atoms with Crippen LogP contribution in [0, 0.1) is 17.8 Å². The van der Waals surface area contributed by atoms with Gasteiger partial charge in [-0.1, -0.05) is 12.5 Å². The molecule has 32 heavy (non-hydrogen) atoms. The van der Waals surface area contributed by atoms with Gasteiger partial charge in [0.1, 0.15) is 5.84 Å². The fourth-order valence-electron chi connectivity index (χ4n) is 5.55. The number of hydrogen-bond acceptors (Lipinski definition) is 4. The molecule has 3 aliphatic heterocycles.